The Kier molecular flexibility index (Phi) is 24.9. The van der Waals surface area contributed by atoms with Gasteiger partial charge >= 0.3 is 29.8 Å². The zero-order valence-corrected chi connectivity index (χ0v) is 48.3. The van der Waals surface area contributed by atoms with E-state index >= 15 is 0 Å². The summed E-state index contributed by atoms with van der Waals surface area (Å²) in [6, 6.07) is 44.3. The highest BCUT2D eigenvalue weighted by atomic mass is 32.1. The van der Waals surface area contributed by atoms with Gasteiger partial charge in [-0.15, -0.1) is 22.7 Å². The molecule has 17 nitrogen and oxygen atoms in total. The van der Waals surface area contributed by atoms with Gasteiger partial charge in [-0.05, 0) is 118 Å². The lowest BCUT2D eigenvalue weighted by molar-refractivity contribution is -0.142. The number of carboxylic acid groups (broad SMARTS) is 5. The van der Waals surface area contributed by atoms with Crippen molar-refractivity contribution in [3.05, 3.63) is 179 Å². The number of ketones is 3. The molecule has 0 fully saturated rings. The fraction of sp³-hybridized carbons (Fsp3) is 0.273. The van der Waals surface area contributed by atoms with Gasteiger partial charge in [0.05, 0.1) is 30.8 Å². The lowest BCUT2D eigenvalue weighted by Gasteiger charge is -2.23. The van der Waals surface area contributed by atoms with Crippen LogP contribution in [0.4, 0.5) is 0 Å². The normalized spacial score (nSPS) is 12.2. The quantitative estimate of drug-likeness (QED) is 0.0206. The van der Waals surface area contributed by atoms with Crippen LogP contribution in [0.15, 0.2) is 156 Å². The van der Waals surface area contributed by atoms with E-state index < -0.39 is 84.1 Å². The smallest absolute Gasteiger partial charge is 0.307 e. The van der Waals surface area contributed by atoms with Crippen molar-refractivity contribution in [1.29, 1.82) is 0 Å². The van der Waals surface area contributed by atoms with Crippen LogP contribution in [-0.2, 0) is 73.6 Å². The number of aryl methyl sites for hydroxylation is 1. The third-order valence-electron chi connectivity index (χ3n) is 14.0. The number of amides is 2. The molecule has 0 bridgehead atoms. The summed E-state index contributed by atoms with van der Waals surface area (Å²) in [5.41, 5.74) is 9.46. The van der Waals surface area contributed by atoms with Gasteiger partial charge < -0.3 is 36.2 Å². The second-order valence-electron chi connectivity index (χ2n) is 20.5. The Morgan fingerprint density at radius 2 is 0.894 bits per heavy atom. The highest BCUT2D eigenvalue weighted by molar-refractivity contribution is 7.14. The maximum absolute atomic E-state index is 13.3. The van der Waals surface area contributed by atoms with Crippen LogP contribution in [0, 0.1) is 11.8 Å². The molecule has 2 aromatic heterocycles. The second-order valence-corrected chi connectivity index (χ2v) is 22.3. The van der Waals surface area contributed by atoms with Gasteiger partial charge in [0.1, 0.15) is 5.78 Å². The van der Waals surface area contributed by atoms with E-state index in [4.69, 9.17) is 20.4 Å². The van der Waals surface area contributed by atoms with Gasteiger partial charge in [-0.3, -0.25) is 47.9 Å². The summed E-state index contributed by atoms with van der Waals surface area (Å²) in [5, 5.41) is 55.2. The van der Waals surface area contributed by atoms with Gasteiger partial charge in [-0.2, -0.15) is 0 Å². The molecule has 0 spiro atoms. The molecular weight excluding hydrogens is 1120 g/mol. The van der Waals surface area contributed by atoms with Crippen LogP contribution in [-0.4, -0.2) is 96.6 Å². The molecule has 0 unspecified atom stereocenters. The number of benzene rings is 5. The highest BCUT2D eigenvalue weighted by Crippen LogP contribution is 2.34. The number of Topliss-reactive ketones (excluding diaryl/α,β-unsaturated/α-hetero) is 3. The summed E-state index contributed by atoms with van der Waals surface area (Å²) in [5.74, 6) is -9.91. The number of hydrogen-bond acceptors (Lipinski definition) is 12. The molecule has 19 heteroatoms. The van der Waals surface area contributed by atoms with Crippen molar-refractivity contribution in [2.75, 3.05) is 0 Å². The molecule has 5 aromatic carbocycles. The average Bonchev–Trinajstić information content (AvgIpc) is 4.07. The van der Waals surface area contributed by atoms with Crippen molar-refractivity contribution in [3.8, 4) is 43.1 Å². The van der Waals surface area contributed by atoms with Crippen molar-refractivity contribution < 1.29 is 73.5 Å². The van der Waals surface area contributed by atoms with Gasteiger partial charge in [0.15, 0.2) is 11.6 Å². The van der Waals surface area contributed by atoms with E-state index in [-0.39, 0.29) is 75.9 Å². The SMILES string of the molecule is CC(=O)[C@H](CCC(=O)O)CC(=O)[C@H](CCC(=O)O)NC(=O)[C@H](CC(=O)O)Cc1ccc(-c2cc(-c3ccccc3)cs2)cc1.O=C(O)CC[C@H](NC(=O)CCc1ccc(-c2cc(-c3ccccc3)cs2)cc1)C(=O)Cc1cccc(CC(=O)O)c1. The number of carbonyl (C=O) groups is 10. The molecule has 0 aliphatic carbocycles. The van der Waals surface area contributed by atoms with Crippen LogP contribution in [0.5, 0.6) is 0 Å². The largest absolute Gasteiger partial charge is 0.481 e. The summed E-state index contributed by atoms with van der Waals surface area (Å²) in [4.78, 5) is 122. The minimum atomic E-state index is -1.28. The van der Waals surface area contributed by atoms with Crippen molar-refractivity contribution in [1.82, 2.24) is 10.6 Å². The Morgan fingerprint density at radius 3 is 1.38 bits per heavy atom. The Morgan fingerprint density at radius 1 is 0.412 bits per heavy atom. The van der Waals surface area contributed by atoms with Crippen molar-refractivity contribution in [2.45, 2.75) is 102 Å². The topological polar surface area (TPSA) is 296 Å². The lowest BCUT2D eigenvalue weighted by atomic mass is 9.89. The Labute approximate surface area is 499 Å². The van der Waals surface area contributed by atoms with E-state index in [1.54, 1.807) is 46.9 Å². The maximum atomic E-state index is 13.3. The number of thiophene rings is 2. The number of hydrogen-bond donors (Lipinski definition) is 7. The van der Waals surface area contributed by atoms with E-state index in [9.17, 15) is 53.1 Å². The molecule has 7 N–H and O–H groups in total. The van der Waals surface area contributed by atoms with Gasteiger partial charge in [0.25, 0.3) is 0 Å². The molecule has 2 heterocycles. The third kappa shape index (κ3) is 21.8. The molecule has 0 aliphatic heterocycles. The van der Waals surface area contributed by atoms with Crippen molar-refractivity contribution >= 4 is 81.7 Å². The molecule has 7 rings (SSSR count). The first-order valence-corrected chi connectivity index (χ1v) is 29.2. The molecular formula is C66H66N2O15S2. The molecule has 0 aliphatic rings. The van der Waals surface area contributed by atoms with Gasteiger partial charge in [0.2, 0.25) is 11.8 Å². The minimum absolute atomic E-state index is 0.0186. The summed E-state index contributed by atoms with van der Waals surface area (Å²) >= 11 is 3.27. The number of carbonyl (C=O) groups excluding carboxylic acids is 5. The second kappa shape index (κ2) is 32.6. The predicted octanol–water partition coefficient (Wildman–Crippen LogP) is 10.9. The van der Waals surface area contributed by atoms with Crippen molar-refractivity contribution in [2.24, 2.45) is 11.8 Å². The van der Waals surface area contributed by atoms with Crippen LogP contribution in [0.1, 0.15) is 87.0 Å². The van der Waals surface area contributed by atoms with E-state index in [1.807, 2.05) is 97.1 Å². The fourth-order valence-corrected chi connectivity index (χ4v) is 11.2. The van der Waals surface area contributed by atoms with Gasteiger partial charge in [-0.25, -0.2) is 0 Å². The predicted molar refractivity (Wildman–Crippen MR) is 323 cm³/mol. The molecule has 7 aromatic rings. The zero-order valence-electron chi connectivity index (χ0n) is 46.6. The highest BCUT2D eigenvalue weighted by Gasteiger charge is 2.31. The number of aliphatic carboxylic acids is 5. The first kappa shape index (κ1) is 65.0. The van der Waals surface area contributed by atoms with Crippen LogP contribution >= 0.6 is 22.7 Å². The Bertz CT molecular complexity index is 3450. The molecule has 85 heavy (non-hydrogen) atoms. The number of rotatable bonds is 32. The molecule has 4 atom stereocenters. The summed E-state index contributed by atoms with van der Waals surface area (Å²) in [6.45, 7) is 1.24. The van der Waals surface area contributed by atoms with Gasteiger partial charge in [0, 0.05) is 54.2 Å². The molecule has 0 radical (unpaired) electrons. The lowest BCUT2D eigenvalue weighted by Crippen LogP contribution is -2.45. The van der Waals surface area contributed by atoms with Crippen molar-refractivity contribution in [3.63, 3.8) is 0 Å². The van der Waals surface area contributed by atoms with Crippen LogP contribution in [0.25, 0.3) is 43.1 Å². The molecule has 0 saturated heterocycles. The molecule has 442 valence electrons. The summed E-state index contributed by atoms with van der Waals surface area (Å²) in [7, 11) is 0. The number of carboxylic acids is 5. The van der Waals surface area contributed by atoms with Gasteiger partial charge in [-0.1, -0.05) is 133 Å². The van der Waals surface area contributed by atoms with E-state index in [2.05, 4.69) is 45.7 Å². The fourth-order valence-electron chi connectivity index (χ4n) is 9.39. The minimum Gasteiger partial charge on any atom is -0.481 e. The third-order valence-corrected chi connectivity index (χ3v) is 15.9. The van der Waals surface area contributed by atoms with E-state index in [0.717, 1.165) is 37.6 Å². The van der Waals surface area contributed by atoms with Crippen LogP contribution < -0.4 is 10.6 Å². The first-order chi connectivity index (χ1) is 40.7. The molecule has 2 amide bonds. The summed E-state index contributed by atoms with van der Waals surface area (Å²) in [6.07, 6.45) is -1.78. The van der Waals surface area contributed by atoms with E-state index in [0.29, 0.717) is 23.1 Å². The Hall–Kier alpha value is -9.20. The maximum Gasteiger partial charge on any atom is 0.307 e. The molecule has 0 saturated carbocycles. The monoisotopic (exact) mass is 1190 g/mol. The Balaban J connectivity index is 0.000000273. The average molecular weight is 1190 g/mol. The number of nitrogens with one attached hydrogen (secondary N) is 2. The first-order valence-electron chi connectivity index (χ1n) is 27.5. The van der Waals surface area contributed by atoms with E-state index in [1.165, 1.54) is 18.1 Å². The zero-order chi connectivity index (χ0) is 61.4. The van der Waals surface area contributed by atoms with Crippen LogP contribution in [0.2, 0.25) is 0 Å². The standard InChI is InChI=1S/C33H35NO9S.C33H31NO6S/c1-20(35)24(11-13-30(37)38)16-28(36)27(12-14-31(39)40)34-33(43)25(18-32(41)42)15-21-7-9-23(10-8-21)29-17-26(19-44-29)22-5-3-2-4-6-22;35-29(18-23-5-4-6-24(17-23)19-33(39)40)28(14-16-32(37)38)34-31(36)15-11-22-9-12-26(13-10-22)30-20-27(21-41-30)25-7-2-1-3-8-25/h2-10,17,19,24-25,27H,11-16,18H2,1H3,(H,34,43)(H,37,38)(H,39,40)(H,41,42);1-10,12-13,17,20-21,28H,11,14-16,18-19H2,(H,34,36)(H,37,38)(H,39,40)/t24-,25+,27+;28-/m10/s1. The van der Waals surface area contributed by atoms with Crippen LogP contribution in [0.3, 0.4) is 0 Å². The summed E-state index contributed by atoms with van der Waals surface area (Å²) < 4.78 is 0.